The van der Waals surface area contributed by atoms with E-state index in [1.165, 1.54) is 0 Å². The molecule has 0 bridgehead atoms. The first kappa shape index (κ1) is 20.7. The van der Waals surface area contributed by atoms with Gasteiger partial charge in [-0.15, -0.1) is 0 Å². The van der Waals surface area contributed by atoms with Crippen molar-refractivity contribution >= 4 is 46.4 Å². The number of nitriles is 1. The second kappa shape index (κ2) is 9.93. The van der Waals surface area contributed by atoms with Gasteiger partial charge in [-0.3, -0.25) is 14.5 Å². The lowest BCUT2D eigenvalue weighted by Gasteiger charge is -2.17. The molecule has 2 N–H and O–H groups in total. The van der Waals surface area contributed by atoms with Crippen molar-refractivity contribution in [1.29, 1.82) is 5.26 Å². The Morgan fingerprint density at radius 3 is 2.11 bits per heavy atom. The SMILES string of the molecule is CN(CC(=O)Nc1ccc(CC#N)cc1)CC(=O)Nc1c(Cl)cccc1Cl. The van der Waals surface area contributed by atoms with Crippen molar-refractivity contribution in [2.45, 2.75) is 6.42 Å². The Hall–Kier alpha value is -2.59. The van der Waals surface area contributed by atoms with Gasteiger partial charge in [0.15, 0.2) is 0 Å². The van der Waals surface area contributed by atoms with Crippen LogP contribution in [0, 0.1) is 11.3 Å². The Balaban J connectivity index is 1.83. The summed E-state index contributed by atoms with van der Waals surface area (Å²) in [5, 5.41) is 14.7. The number of benzene rings is 2. The van der Waals surface area contributed by atoms with Crippen LogP contribution in [0.3, 0.4) is 0 Å². The first-order chi connectivity index (χ1) is 12.9. The topological polar surface area (TPSA) is 85.2 Å². The second-order valence-corrected chi connectivity index (χ2v) is 6.71. The van der Waals surface area contributed by atoms with Gasteiger partial charge in [0.1, 0.15) is 0 Å². The Morgan fingerprint density at radius 1 is 1.00 bits per heavy atom. The van der Waals surface area contributed by atoms with Crippen LogP contribution in [0.15, 0.2) is 42.5 Å². The lowest BCUT2D eigenvalue weighted by molar-refractivity contribution is -0.119. The number of para-hydroxylation sites is 1. The van der Waals surface area contributed by atoms with E-state index in [-0.39, 0.29) is 24.9 Å². The third-order valence-electron chi connectivity index (χ3n) is 3.58. The summed E-state index contributed by atoms with van der Waals surface area (Å²) in [6.45, 7) is 0.0275. The highest BCUT2D eigenvalue weighted by Crippen LogP contribution is 2.29. The molecule has 0 saturated heterocycles. The molecule has 0 atom stereocenters. The van der Waals surface area contributed by atoms with Crippen LogP contribution in [-0.4, -0.2) is 36.9 Å². The van der Waals surface area contributed by atoms with Crippen LogP contribution in [-0.2, 0) is 16.0 Å². The lowest BCUT2D eigenvalue weighted by atomic mass is 10.1. The molecular weight excluding hydrogens is 387 g/mol. The smallest absolute Gasteiger partial charge is 0.238 e. The monoisotopic (exact) mass is 404 g/mol. The Labute approximate surface area is 167 Å². The quantitative estimate of drug-likeness (QED) is 0.738. The van der Waals surface area contributed by atoms with Gasteiger partial charge < -0.3 is 10.6 Å². The molecule has 8 heteroatoms. The predicted octanol–water partition coefficient (Wildman–Crippen LogP) is 3.57. The number of rotatable bonds is 7. The maximum Gasteiger partial charge on any atom is 0.238 e. The molecule has 27 heavy (non-hydrogen) atoms. The number of hydrogen-bond donors (Lipinski definition) is 2. The molecule has 0 unspecified atom stereocenters. The van der Waals surface area contributed by atoms with E-state index in [1.807, 2.05) is 0 Å². The molecule has 2 aromatic rings. The van der Waals surface area contributed by atoms with Gasteiger partial charge in [0, 0.05) is 5.69 Å². The van der Waals surface area contributed by atoms with Crippen molar-refractivity contribution in [3.8, 4) is 6.07 Å². The molecule has 6 nitrogen and oxygen atoms in total. The molecule has 0 aromatic heterocycles. The number of anilines is 2. The third-order valence-corrected chi connectivity index (χ3v) is 4.21. The molecule has 0 fully saturated rings. The standard InChI is InChI=1S/C19H18Cl2N4O2/c1-25(12-18(27)24-19-15(20)3-2-4-16(19)21)11-17(26)23-14-7-5-13(6-8-14)9-10-22/h2-8H,9,11-12H2,1H3,(H,23,26)(H,24,27). The first-order valence-corrected chi connectivity index (χ1v) is 8.83. The average Bonchev–Trinajstić information content (AvgIpc) is 2.60. The summed E-state index contributed by atoms with van der Waals surface area (Å²) in [6.07, 6.45) is 0.321. The minimum absolute atomic E-state index is 0.00389. The summed E-state index contributed by atoms with van der Waals surface area (Å²) in [4.78, 5) is 25.8. The van der Waals surface area contributed by atoms with E-state index in [4.69, 9.17) is 28.5 Å². The Bertz CT molecular complexity index is 843. The highest BCUT2D eigenvalue weighted by atomic mass is 35.5. The largest absolute Gasteiger partial charge is 0.325 e. The van der Waals surface area contributed by atoms with Crippen LogP contribution in [0.4, 0.5) is 11.4 Å². The summed E-state index contributed by atoms with van der Waals surface area (Å²) in [5.74, 6) is -0.588. The van der Waals surface area contributed by atoms with E-state index in [0.717, 1.165) is 5.56 Å². The fraction of sp³-hybridized carbons (Fsp3) is 0.211. The van der Waals surface area contributed by atoms with Gasteiger partial charge in [0.05, 0.1) is 41.3 Å². The number of nitrogens with one attached hydrogen (secondary N) is 2. The van der Waals surface area contributed by atoms with Gasteiger partial charge in [-0.1, -0.05) is 41.4 Å². The van der Waals surface area contributed by atoms with Crippen molar-refractivity contribution in [1.82, 2.24) is 4.90 Å². The van der Waals surface area contributed by atoms with Gasteiger partial charge in [-0.2, -0.15) is 5.26 Å². The number of amides is 2. The normalized spacial score (nSPS) is 10.3. The zero-order valence-corrected chi connectivity index (χ0v) is 16.1. The minimum atomic E-state index is -0.332. The van der Waals surface area contributed by atoms with Crippen LogP contribution in [0.25, 0.3) is 0 Å². The Kier molecular flexibility index (Phi) is 7.62. The number of carbonyl (C=O) groups is 2. The van der Waals surface area contributed by atoms with Crippen molar-refractivity contribution in [2.75, 3.05) is 30.8 Å². The molecule has 0 aliphatic heterocycles. The number of carbonyl (C=O) groups excluding carboxylic acids is 2. The van der Waals surface area contributed by atoms with Gasteiger partial charge in [0.25, 0.3) is 0 Å². The van der Waals surface area contributed by atoms with Crippen LogP contribution in [0.5, 0.6) is 0 Å². The summed E-state index contributed by atoms with van der Waals surface area (Å²) < 4.78 is 0. The molecular formula is C19H18Cl2N4O2. The number of nitrogens with zero attached hydrogens (tertiary/aromatic N) is 2. The maximum absolute atomic E-state index is 12.1. The maximum atomic E-state index is 12.1. The van der Waals surface area contributed by atoms with Crippen molar-refractivity contribution in [2.24, 2.45) is 0 Å². The van der Waals surface area contributed by atoms with Gasteiger partial charge in [-0.05, 0) is 36.9 Å². The molecule has 0 saturated carbocycles. The van der Waals surface area contributed by atoms with Crippen LogP contribution >= 0.6 is 23.2 Å². The number of likely N-dealkylation sites (N-methyl/N-ethyl adjacent to an activating group) is 1. The zero-order valence-electron chi connectivity index (χ0n) is 14.6. The fourth-order valence-electron chi connectivity index (χ4n) is 2.34. The molecule has 2 rings (SSSR count). The predicted molar refractivity (Wildman–Crippen MR) is 107 cm³/mol. The molecule has 140 valence electrons. The first-order valence-electron chi connectivity index (χ1n) is 8.07. The van der Waals surface area contributed by atoms with Crippen molar-refractivity contribution in [3.63, 3.8) is 0 Å². The van der Waals surface area contributed by atoms with E-state index in [0.29, 0.717) is 27.8 Å². The summed E-state index contributed by atoms with van der Waals surface area (Å²) in [6, 6.07) is 14.0. The molecule has 0 aliphatic carbocycles. The van der Waals surface area contributed by atoms with E-state index in [9.17, 15) is 9.59 Å². The fourth-order valence-corrected chi connectivity index (χ4v) is 2.83. The highest BCUT2D eigenvalue weighted by molar-refractivity contribution is 6.39. The van der Waals surface area contributed by atoms with E-state index < -0.39 is 0 Å². The minimum Gasteiger partial charge on any atom is -0.325 e. The third kappa shape index (κ3) is 6.57. The zero-order chi connectivity index (χ0) is 19.8. The molecule has 0 heterocycles. The van der Waals surface area contributed by atoms with E-state index in [1.54, 1.807) is 54.4 Å². The van der Waals surface area contributed by atoms with Gasteiger partial charge in [0.2, 0.25) is 11.8 Å². The summed E-state index contributed by atoms with van der Waals surface area (Å²) in [5.41, 5.74) is 1.85. The van der Waals surface area contributed by atoms with Gasteiger partial charge in [-0.25, -0.2) is 0 Å². The van der Waals surface area contributed by atoms with Crippen molar-refractivity contribution < 1.29 is 9.59 Å². The summed E-state index contributed by atoms with van der Waals surface area (Å²) in [7, 11) is 1.66. The summed E-state index contributed by atoms with van der Waals surface area (Å²) >= 11 is 12.0. The van der Waals surface area contributed by atoms with Crippen LogP contribution in [0.1, 0.15) is 5.56 Å². The van der Waals surface area contributed by atoms with Gasteiger partial charge >= 0.3 is 0 Å². The van der Waals surface area contributed by atoms with Crippen LogP contribution in [0.2, 0.25) is 10.0 Å². The lowest BCUT2D eigenvalue weighted by Crippen LogP contribution is -2.36. The van der Waals surface area contributed by atoms with E-state index >= 15 is 0 Å². The highest BCUT2D eigenvalue weighted by Gasteiger charge is 2.14. The molecule has 2 amide bonds. The molecule has 2 aromatic carbocycles. The molecule has 0 radical (unpaired) electrons. The van der Waals surface area contributed by atoms with Crippen LogP contribution < -0.4 is 10.6 Å². The molecule has 0 spiro atoms. The average molecular weight is 405 g/mol. The number of hydrogen-bond acceptors (Lipinski definition) is 4. The number of halogens is 2. The second-order valence-electron chi connectivity index (χ2n) is 5.90. The molecule has 0 aliphatic rings. The van der Waals surface area contributed by atoms with E-state index in [2.05, 4.69) is 16.7 Å². The Morgan fingerprint density at radius 2 is 1.56 bits per heavy atom. The van der Waals surface area contributed by atoms with Crippen molar-refractivity contribution in [3.05, 3.63) is 58.1 Å².